The molecule has 0 spiro atoms. The van der Waals surface area contributed by atoms with Crippen molar-refractivity contribution in [3.8, 4) is 0 Å². The molecule has 0 heterocycles. The zero-order valence-corrected chi connectivity index (χ0v) is 11.3. The molecule has 0 aromatic heterocycles. The Morgan fingerprint density at radius 1 is 1.38 bits per heavy atom. The van der Waals surface area contributed by atoms with E-state index in [4.69, 9.17) is 4.74 Å². The lowest BCUT2D eigenvalue weighted by Crippen LogP contribution is -2.25. The molecule has 1 rings (SSSR count). The third-order valence-corrected chi connectivity index (χ3v) is 2.81. The zero-order valence-electron chi connectivity index (χ0n) is 9.73. The van der Waals surface area contributed by atoms with Crippen molar-refractivity contribution in [1.29, 1.82) is 0 Å². The van der Waals surface area contributed by atoms with E-state index in [1.165, 1.54) is 6.07 Å². The van der Waals surface area contributed by atoms with Gasteiger partial charge < -0.3 is 4.74 Å². The van der Waals surface area contributed by atoms with Crippen molar-refractivity contribution in [3.63, 3.8) is 0 Å². The number of hydrogen-bond acceptors (Lipinski definition) is 2. The van der Waals surface area contributed by atoms with E-state index in [0.717, 1.165) is 0 Å². The average Bonchev–Trinajstić information content (AvgIpc) is 2.09. The Balaban J connectivity index is 3.14. The summed E-state index contributed by atoms with van der Waals surface area (Å²) in [7, 11) is 0. The summed E-state index contributed by atoms with van der Waals surface area (Å²) < 4.78 is 19.4. The summed E-state index contributed by atoms with van der Waals surface area (Å²) in [5.74, 6) is -1.20. The number of carbonyl (C=O) groups is 1. The number of carbonyl (C=O) groups excluding carboxylic acids is 1. The van der Waals surface area contributed by atoms with E-state index in [2.05, 4.69) is 15.9 Å². The van der Waals surface area contributed by atoms with Gasteiger partial charge in [0.2, 0.25) is 0 Å². The van der Waals surface area contributed by atoms with Crippen molar-refractivity contribution in [1.82, 2.24) is 0 Å². The van der Waals surface area contributed by atoms with Crippen molar-refractivity contribution in [3.05, 3.63) is 33.5 Å². The lowest BCUT2D eigenvalue weighted by atomic mass is 10.1. The SMILES string of the molecule is Cc1c(Br)ccc(F)c1C(=O)OC(C)(C)C. The molecule has 1 aromatic carbocycles. The molecule has 0 aliphatic rings. The number of ether oxygens (including phenoxy) is 1. The molecule has 0 saturated heterocycles. The highest BCUT2D eigenvalue weighted by atomic mass is 79.9. The van der Waals surface area contributed by atoms with Crippen LogP contribution in [-0.4, -0.2) is 11.6 Å². The van der Waals surface area contributed by atoms with Gasteiger partial charge in [-0.2, -0.15) is 0 Å². The molecule has 0 unspecified atom stereocenters. The van der Waals surface area contributed by atoms with Crippen LogP contribution in [0.2, 0.25) is 0 Å². The number of rotatable bonds is 1. The molecule has 2 nitrogen and oxygen atoms in total. The van der Waals surface area contributed by atoms with Gasteiger partial charge in [-0.15, -0.1) is 0 Å². The van der Waals surface area contributed by atoms with E-state index in [1.807, 2.05) is 0 Å². The topological polar surface area (TPSA) is 26.3 Å². The van der Waals surface area contributed by atoms with Crippen LogP contribution in [0.4, 0.5) is 4.39 Å². The molecule has 0 radical (unpaired) electrons. The third kappa shape index (κ3) is 3.04. The van der Waals surface area contributed by atoms with Gasteiger partial charge in [-0.05, 0) is 45.4 Å². The first-order chi connectivity index (χ1) is 7.22. The maximum absolute atomic E-state index is 13.5. The predicted molar refractivity (Wildman–Crippen MR) is 64.0 cm³/mol. The van der Waals surface area contributed by atoms with Gasteiger partial charge in [-0.1, -0.05) is 15.9 Å². The fourth-order valence-electron chi connectivity index (χ4n) is 1.23. The van der Waals surface area contributed by atoms with Gasteiger partial charge in [0.15, 0.2) is 0 Å². The van der Waals surface area contributed by atoms with Crippen LogP contribution in [0, 0.1) is 12.7 Å². The van der Waals surface area contributed by atoms with Gasteiger partial charge in [-0.25, -0.2) is 9.18 Å². The Hall–Kier alpha value is -0.900. The van der Waals surface area contributed by atoms with E-state index in [1.54, 1.807) is 33.8 Å². The first-order valence-corrected chi connectivity index (χ1v) is 5.69. The van der Waals surface area contributed by atoms with Gasteiger partial charge in [0.1, 0.15) is 11.4 Å². The summed E-state index contributed by atoms with van der Waals surface area (Å²) in [6.07, 6.45) is 0. The van der Waals surface area contributed by atoms with E-state index >= 15 is 0 Å². The van der Waals surface area contributed by atoms with Crippen LogP contribution >= 0.6 is 15.9 Å². The standard InChI is InChI=1S/C12H14BrFO2/c1-7-8(13)5-6-9(14)10(7)11(15)16-12(2,3)4/h5-6H,1-4H3. The molecule has 88 valence electrons. The van der Waals surface area contributed by atoms with Crippen LogP contribution in [0.1, 0.15) is 36.7 Å². The quantitative estimate of drug-likeness (QED) is 0.734. The number of halogens is 2. The van der Waals surface area contributed by atoms with Crippen LogP contribution < -0.4 is 0 Å². The van der Waals surface area contributed by atoms with E-state index in [0.29, 0.717) is 10.0 Å². The first kappa shape index (κ1) is 13.2. The van der Waals surface area contributed by atoms with Crippen LogP contribution in [0.3, 0.4) is 0 Å². The second kappa shape index (κ2) is 4.53. The number of esters is 1. The second-order valence-electron chi connectivity index (χ2n) is 4.53. The van der Waals surface area contributed by atoms with E-state index < -0.39 is 17.4 Å². The van der Waals surface area contributed by atoms with Crippen molar-refractivity contribution >= 4 is 21.9 Å². The summed E-state index contributed by atoms with van der Waals surface area (Å²) in [6, 6.07) is 2.81. The smallest absolute Gasteiger partial charge is 0.341 e. The van der Waals surface area contributed by atoms with Crippen molar-refractivity contribution < 1.29 is 13.9 Å². The summed E-state index contributed by atoms with van der Waals surface area (Å²) in [4.78, 5) is 11.8. The average molecular weight is 289 g/mol. The van der Waals surface area contributed by atoms with Crippen LogP contribution in [0.25, 0.3) is 0 Å². The highest BCUT2D eigenvalue weighted by Crippen LogP contribution is 2.24. The number of hydrogen-bond donors (Lipinski definition) is 0. The molecule has 0 aliphatic heterocycles. The van der Waals surface area contributed by atoms with Crippen LogP contribution in [0.5, 0.6) is 0 Å². The molecule has 0 aliphatic carbocycles. The molecule has 4 heteroatoms. The normalized spacial score (nSPS) is 11.4. The van der Waals surface area contributed by atoms with E-state index in [-0.39, 0.29) is 5.56 Å². The van der Waals surface area contributed by atoms with Gasteiger partial charge in [-0.3, -0.25) is 0 Å². The summed E-state index contributed by atoms with van der Waals surface area (Å²) >= 11 is 3.25. The molecule has 1 aromatic rings. The van der Waals surface area contributed by atoms with Crippen LogP contribution in [-0.2, 0) is 4.74 Å². The van der Waals surface area contributed by atoms with E-state index in [9.17, 15) is 9.18 Å². The maximum atomic E-state index is 13.5. The molecule has 0 bridgehead atoms. The fraction of sp³-hybridized carbons (Fsp3) is 0.417. The third-order valence-electron chi connectivity index (χ3n) is 1.95. The van der Waals surface area contributed by atoms with Crippen molar-refractivity contribution in [2.75, 3.05) is 0 Å². The van der Waals surface area contributed by atoms with Crippen molar-refractivity contribution in [2.24, 2.45) is 0 Å². The lowest BCUT2D eigenvalue weighted by molar-refractivity contribution is 0.00638. The molecule has 16 heavy (non-hydrogen) atoms. The Labute approximate surface area is 103 Å². The molecular weight excluding hydrogens is 275 g/mol. The fourth-order valence-corrected chi connectivity index (χ4v) is 1.56. The highest BCUT2D eigenvalue weighted by molar-refractivity contribution is 9.10. The predicted octanol–water partition coefficient (Wildman–Crippen LogP) is 3.85. The van der Waals surface area contributed by atoms with Crippen LogP contribution in [0.15, 0.2) is 16.6 Å². The van der Waals surface area contributed by atoms with Gasteiger partial charge in [0.25, 0.3) is 0 Å². The second-order valence-corrected chi connectivity index (χ2v) is 5.39. The molecule has 0 N–H and O–H groups in total. The molecular formula is C12H14BrFO2. The Kier molecular flexibility index (Phi) is 3.73. The number of benzene rings is 1. The maximum Gasteiger partial charge on any atom is 0.341 e. The zero-order chi connectivity index (χ0) is 12.5. The minimum Gasteiger partial charge on any atom is -0.456 e. The summed E-state index contributed by atoms with van der Waals surface area (Å²) in [6.45, 7) is 6.91. The van der Waals surface area contributed by atoms with Gasteiger partial charge in [0.05, 0.1) is 5.56 Å². The Morgan fingerprint density at radius 2 is 1.94 bits per heavy atom. The minimum absolute atomic E-state index is 0.00991. The minimum atomic E-state index is -0.635. The summed E-state index contributed by atoms with van der Waals surface area (Å²) in [5.41, 5.74) is -0.0864. The molecule has 0 amide bonds. The van der Waals surface area contributed by atoms with Gasteiger partial charge in [0, 0.05) is 4.47 Å². The van der Waals surface area contributed by atoms with Crippen molar-refractivity contribution in [2.45, 2.75) is 33.3 Å². The lowest BCUT2D eigenvalue weighted by Gasteiger charge is -2.20. The first-order valence-electron chi connectivity index (χ1n) is 4.90. The highest BCUT2D eigenvalue weighted by Gasteiger charge is 2.23. The summed E-state index contributed by atoms with van der Waals surface area (Å²) in [5, 5.41) is 0. The largest absolute Gasteiger partial charge is 0.456 e. The Morgan fingerprint density at radius 3 is 2.44 bits per heavy atom. The molecule has 0 atom stereocenters. The monoisotopic (exact) mass is 288 g/mol. The molecule has 0 saturated carbocycles. The van der Waals surface area contributed by atoms with Gasteiger partial charge >= 0.3 is 5.97 Å². The Bertz CT molecular complexity index is 422. The molecule has 0 fully saturated rings.